The summed E-state index contributed by atoms with van der Waals surface area (Å²) in [5.74, 6) is -0.573. The second-order valence-electron chi connectivity index (χ2n) is 5.66. The molecule has 0 aliphatic carbocycles. The van der Waals surface area contributed by atoms with Gasteiger partial charge in [0.2, 0.25) is 5.91 Å². The van der Waals surface area contributed by atoms with Crippen LogP contribution in [0.15, 0.2) is 0 Å². The maximum Gasteiger partial charge on any atom is 0.411 e. The van der Waals surface area contributed by atoms with Crippen molar-refractivity contribution in [2.75, 3.05) is 26.3 Å². The third-order valence-corrected chi connectivity index (χ3v) is 2.33. The van der Waals surface area contributed by atoms with Gasteiger partial charge in [0.1, 0.15) is 6.61 Å². The molecule has 0 saturated carbocycles. The van der Waals surface area contributed by atoms with Gasteiger partial charge in [0.25, 0.3) is 0 Å². The highest BCUT2D eigenvalue weighted by atomic mass is 19.4. The minimum Gasteiger partial charge on any atom is -0.370 e. The molecule has 0 bridgehead atoms. The summed E-state index contributed by atoms with van der Waals surface area (Å²) in [5.41, 5.74) is 5.49. The fourth-order valence-electron chi connectivity index (χ4n) is 1.60. The first kappa shape index (κ1) is 18.2. The van der Waals surface area contributed by atoms with Gasteiger partial charge in [0.05, 0.1) is 12.5 Å². The Kier molecular flexibility index (Phi) is 7.36. The molecular formula is C12H23F3N2O2. The fourth-order valence-corrected chi connectivity index (χ4v) is 1.60. The van der Waals surface area contributed by atoms with Crippen molar-refractivity contribution in [1.29, 1.82) is 0 Å². The van der Waals surface area contributed by atoms with Crippen LogP contribution in [0, 0.1) is 11.3 Å². The second kappa shape index (κ2) is 7.69. The zero-order valence-electron chi connectivity index (χ0n) is 11.6. The summed E-state index contributed by atoms with van der Waals surface area (Å²) < 4.78 is 39.7. The standard InChI is InChI=1S/C12H23F3N2O2/c1-11(2,3)6-9(7-16)10(18)17-4-5-19-8-12(13,14)15/h9H,4-8,16H2,1-3H3,(H,17,18). The Morgan fingerprint density at radius 2 is 1.89 bits per heavy atom. The van der Waals surface area contributed by atoms with Gasteiger partial charge in [0, 0.05) is 13.1 Å². The number of hydrogen-bond donors (Lipinski definition) is 2. The summed E-state index contributed by atoms with van der Waals surface area (Å²) in [7, 11) is 0. The van der Waals surface area contributed by atoms with Crippen LogP contribution < -0.4 is 11.1 Å². The van der Waals surface area contributed by atoms with Gasteiger partial charge in [0.15, 0.2) is 0 Å². The van der Waals surface area contributed by atoms with Gasteiger partial charge in [-0.2, -0.15) is 13.2 Å². The highest BCUT2D eigenvalue weighted by Gasteiger charge is 2.27. The summed E-state index contributed by atoms with van der Waals surface area (Å²) in [6, 6.07) is 0. The van der Waals surface area contributed by atoms with Crippen LogP contribution in [0.5, 0.6) is 0 Å². The van der Waals surface area contributed by atoms with Gasteiger partial charge in [-0.15, -0.1) is 0 Å². The number of rotatable bonds is 7. The fraction of sp³-hybridized carbons (Fsp3) is 0.917. The molecule has 7 heteroatoms. The second-order valence-corrected chi connectivity index (χ2v) is 5.66. The number of nitrogens with one attached hydrogen (secondary N) is 1. The molecule has 1 unspecified atom stereocenters. The van der Waals surface area contributed by atoms with E-state index in [1.54, 1.807) is 0 Å². The van der Waals surface area contributed by atoms with Crippen LogP contribution in [-0.4, -0.2) is 38.4 Å². The van der Waals surface area contributed by atoms with E-state index in [1.165, 1.54) is 0 Å². The van der Waals surface area contributed by atoms with Gasteiger partial charge in [-0.25, -0.2) is 0 Å². The first-order chi connectivity index (χ1) is 8.55. The molecule has 0 saturated heterocycles. The highest BCUT2D eigenvalue weighted by molar-refractivity contribution is 5.78. The van der Waals surface area contributed by atoms with Gasteiger partial charge < -0.3 is 15.8 Å². The molecule has 0 fully saturated rings. The van der Waals surface area contributed by atoms with Crippen LogP contribution in [0.2, 0.25) is 0 Å². The summed E-state index contributed by atoms with van der Waals surface area (Å²) >= 11 is 0. The topological polar surface area (TPSA) is 64.4 Å². The monoisotopic (exact) mass is 284 g/mol. The van der Waals surface area contributed by atoms with Gasteiger partial charge in [-0.1, -0.05) is 20.8 Å². The number of nitrogens with two attached hydrogens (primary N) is 1. The maximum absolute atomic E-state index is 11.8. The SMILES string of the molecule is CC(C)(C)CC(CN)C(=O)NCCOCC(F)(F)F. The third-order valence-electron chi connectivity index (χ3n) is 2.33. The first-order valence-electron chi connectivity index (χ1n) is 6.17. The van der Waals surface area contributed by atoms with Crippen molar-refractivity contribution < 1.29 is 22.7 Å². The molecule has 3 N–H and O–H groups in total. The van der Waals surface area contributed by atoms with E-state index in [1.807, 2.05) is 20.8 Å². The predicted molar refractivity (Wildman–Crippen MR) is 66.5 cm³/mol. The van der Waals surface area contributed by atoms with Crippen LogP contribution >= 0.6 is 0 Å². The molecule has 4 nitrogen and oxygen atoms in total. The Labute approximate surface area is 111 Å². The molecule has 19 heavy (non-hydrogen) atoms. The zero-order chi connectivity index (χ0) is 15.1. The predicted octanol–water partition coefficient (Wildman–Crippen LogP) is 1.69. The number of carbonyl (C=O) groups is 1. The Morgan fingerprint density at radius 3 is 2.32 bits per heavy atom. The van der Waals surface area contributed by atoms with Crippen molar-refractivity contribution in [3.63, 3.8) is 0 Å². The van der Waals surface area contributed by atoms with E-state index in [4.69, 9.17) is 5.73 Å². The molecule has 0 aromatic heterocycles. The van der Waals surface area contributed by atoms with Gasteiger partial charge >= 0.3 is 6.18 Å². The Hall–Kier alpha value is -0.820. The average molecular weight is 284 g/mol. The first-order valence-corrected chi connectivity index (χ1v) is 6.17. The van der Waals surface area contributed by atoms with Crippen molar-refractivity contribution in [1.82, 2.24) is 5.32 Å². The Bertz CT molecular complexity index is 275. The smallest absolute Gasteiger partial charge is 0.370 e. The van der Waals surface area contributed by atoms with Crippen LogP contribution in [0.1, 0.15) is 27.2 Å². The number of halogens is 3. The molecule has 114 valence electrons. The van der Waals surface area contributed by atoms with E-state index in [2.05, 4.69) is 10.1 Å². The van der Waals surface area contributed by atoms with Crippen molar-refractivity contribution >= 4 is 5.91 Å². The van der Waals surface area contributed by atoms with E-state index >= 15 is 0 Å². The number of alkyl halides is 3. The van der Waals surface area contributed by atoms with E-state index in [9.17, 15) is 18.0 Å². The molecule has 0 heterocycles. The molecular weight excluding hydrogens is 261 g/mol. The molecule has 0 aromatic rings. The van der Waals surface area contributed by atoms with Crippen LogP contribution in [0.4, 0.5) is 13.2 Å². The number of ether oxygens (including phenoxy) is 1. The van der Waals surface area contributed by atoms with Gasteiger partial charge in [-0.05, 0) is 11.8 Å². The lowest BCUT2D eigenvalue weighted by Gasteiger charge is -2.24. The van der Waals surface area contributed by atoms with E-state index in [0.29, 0.717) is 6.42 Å². The van der Waals surface area contributed by atoms with Crippen molar-refractivity contribution in [2.45, 2.75) is 33.4 Å². The third kappa shape index (κ3) is 10.8. The van der Waals surface area contributed by atoms with Crippen LogP contribution in [0.3, 0.4) is 0 Å². The summed E-state index contributed by atoms with van der Waals surface area (Å²) in [6.45, 7) is 4.78. The molecule has 1 atom stereocenters. The summed E-state index contributed by atoms with van der Waals surface area (Å²) in [4.78, 5) is 11.7. The van der Waals surface area contributed by atoms with Gasteiger partial charge in [-0.3, -0.25) is 4.79 Å². The molecule has 0 aromatic carbocycles. The normalized spacial score (nSPS) is 14.3. The molecule has 0 rings (SSSR count). The quantitative estimate of drug-likeness (QED) is 0.699. The van der Waals surface area contributed by atoms with Crippen LogP contribution in [0.25, 0.3) is 0 Å². The lowest BCUT2D eigenvalue weighted by atomic mass is 9.84. The lowest BCUT2D eigenvalue weighted by Crippen LogP contribution is -2.38. The number of amides is 1. The minimum absolute atomic E-state index is 0.0336. The number of carbonyl (C=O) groups excluding carboxylic acids is 1. The van der Waals surface area contributed by atoms with Crippen molar-refractivity contribution in [3.05, 3.63) is 0 Å². The minimum atomic E-state index is -4.34. The van der Waals surface area contributed by atoms with E-state index in [0.717, 1.165) is 0 Å². The molecule has 0 aliphatic rings. The van der Waals surface area contributed by atoms with E-state index in [-0.39, 0.29) is 36.9 Å². The Balaban J connectivity index is 3.89. The molecule has 0 spiro atoms. The van der Waals surface area contributed by atoms with Crippen molar-refractivity contribution in [2.24, 2.45) is 17.1 Å². The van der Waals surface area contributed by atoms with E-state index < -0.39 is 12.8 Å². The molecule has 0 aliphatic heterocycles. The molecule has 0 radical (unpaired) electrons. The Morgan fingerprint density at radius 1 is 1.32 bits per heavy atom. The van der Waals surface area contributed by atoms with Crippen molar-refractivity contribution in [3.8, 4) is 0 Å². The summed E-state index contributed by atoms with van der Waals surface area (Å²) in [6.07, 6.45) is -3.71. The zero-order valence-corrected chi connectivity index (χ0v) is 11.6. The number of hydrogen-bond acceptors (Lipinski definition) is 3. The lowest BCUT2D eigenvalue weighted by molar-refractivity contribution is -0.173. The summed E-state index contributed by atoms with van der Waals surface area (Å²) in [5, 5.41) is 2.53. The van der Waals surface area contributed by atoms with Crippen LogP contribution in [-0.2, 0) is 9.53 Å². The average Bonchev–Trinajstić information content (AvgIpc) is 2.22. The highest BCUT2D eigenvalue weighted by Crippen LogP contribution is 2.23. The maximum atomic E-state index is 11.8. The largest absolute Gasteiger partial charge is 0.411 e. The molecule has 1 amide bonds.